The molecule has 5 nitrogen and oxygen atoms in total. The Hall–Kier alpha value is -1.54. The Balaban J connectivity index is 1.76. The molecule has 30 heavy (non-hydrogen) atoms. The van der Waals surface area contributed by atoms with Gasteiger partial charge in [-0.1, -0.05) is 44.5 Å². The van der Waals surface area contributed by atoms with Crippen LogP contribution >= 0.6 is 0 Å². The molecule has 0 unspecified atom stereocenters. The summed E-state index contributed by atoms with van der Waals surface area (Å²) in [5, 5.41) is 0.0835. The molecule has 0 saturated heterocycles. The Morgan fingerprint density at radius 2 is 1.80 bits per heavy atom. The first-order valence-electron chi connectivity index (χ1n) is 10.5. The molecule has 2 aromatic rings. The van der Waals surface area contributed by atoms with Crippen molar-refractivity contribution in [1.29, 1.82) is 0 Å². The highest BCUT2D eigenvalue weighted by Gasteiger charge is 2.41. The second-order valence-corrected chi connectivity index (χ2v) is 16.1. The molecule has 1 aromatic heterocycles. The summed E-state index contributed by atoms with van der Waals surface area (Å²) in [6.07, 6.45) is 3.12. The third-order valence-corrected chi connectivity index (χ3v) is 12.1. The van der Waals surface area contributed by atoms with Gasteiger partial charge in [-0.05, 0) is 67.6 Å². The number of nitrogens with zero attached hydrogens (tertiary/aromatic N) is 1. The topological polar surface area (TPSA) is 65.5 Å². The van der Waals surface area contributed by atoms with Gasteiger partial charge in [0.05, 0.1) is 23.3 Å². The van der Waals surface area contributed by atoms with Crippen LogP contribution in [0.1, 0.15) is 50.1 Å². The average molecular weight is 448 g/mol. The zero-order chi connectivity index (χ0) is 22.2. The lowest BCUT2D eigenvalue weighted by atomic mass is 9.85. The maximum atomic E-state index is 12.6. The molecule has 1 aliphatic carbocycles. The van der Waals surface area contributed by atoms with Crippen LogP contribution in [0.3, 0.4) is 0 Å². The Kier molecular flexibility index (Phi) is 6.58. The number of aryl methyl sites for hydroxylation is 1. The Morgan fingerprint density at radius 3 is 2.43 bits per heavy atom. The van der Waals surface area contributed by atoms with Gasteiger partial charge in [0.2, 0.25) is 0 Å². The first-order chi connectivity index (χ1) is 13.9. The Labute approximate surface area is 182 Å². The van der Waals surface area contributed by atoms with E-state index in [2.05, 4.69) is 44.9 Å². The number of hydrogen-bond donors (Lipinski definition) is 0. The fourth-order valence-corrected chi connectivity index (χ4v) is 5.69. The summed E-state index contributed by atoms with van der Waals surface area (Å²) in [7, 11) is -5.78. The van der Waals surface area contributed by atoms with Gasteiger partial charge in [-0.3, -0.25) is 9.17 Å². The lowest BCUT2D eigenvalue weighted by Crippen LogP contribution is -2.43. The Bertz CT molecular complexity index is 981. The van der Waals surface area contributed by atoms with Gasteiger partial charge in [-0.25, -0.2) is 0 Å². The maximum Gasteiger partial charge on any atom is 0.296 e. The van der Waals surface area contributed by atoms with Crippen molar-refractivity contribution < 1.29 is 17.0 Å². The first-order valence-corrected chi connectivity index (χ1v) is 14.8. The second-order valence-electron chi connectivity index (χ2n) is 9.77. The van der Waals surface area contributed by atoms with E-state index in [1.807, 2.05) is 13.0 Å². The summed E-state index contributed by atoms with van der Waals surface area (Å²) in [6.45, 7) is 13.2. The van der Waals surface area contributed by atoms with Crippen LogP contribution in [0.2, 0.25) is 18.1 Å². The number of pyridine rings is 1. The number of rotatable bonds is 6. The standard InChI is InChI=1S/C23H33NO4SSi/c1-17-9-11-20(12-10-17)29(25,26)27-16-18-14-19-8-7-13-24-22(19)21(15-18)28-30(5,6)23(2,3)4/h7-13,18,21H,14-16H2,1-6H3/t18-,21+/m1/s1. The van der Waals surface area contributed by atoms with Gasteiger partial charge in [-0.2, -0.15) is 8.42 Å². The zero-order valence-corrected chi connectivity index (χ0v) is 20.6. The van der Waals surface area contributed by atoms with Crippen LogP contribution in [0, 0.1) is 12.8 Å². The third-order valence-electron chi connectivity index (χ3n) is 6.30. The molecule has 0 N–H and O–H groups in total. The predicted molar refractivity (Wildman–Crippen MR) is 121 cm³/mol. The molecule has 2 atom stereocenters. The highest BCUT2D eigenvalue weighted by molar-refractivity contribution is 7.86. The normalized spacial score (nSPS) is 20.1. The van der Waals surface area contributed by atoms with E-state index >= 15 is 0 Å². The zero-order valence-electron chi connectivity index (χ0n) is 18.8. The molecule has 1 aliphatic rings. The van der Waals surface area contributed by atoms with E-state index in [-0.39, 0.29) is 28.6 Å². The summed E-state index contributed by atoms with van der Waals surface area (Å²) < 4.78 is 37.4. The summed E-state index contributed by atoms with van der Waals surface area (Å²) in [5.41, 5.74) is 3.12. The summed E-state index contributed by atoms with van der Waals surface area (Å²) in [6, 6.07) is 10.7. The fourth-order valence-electron chi connectivity index (χ4n) is 3.44. The quantitative estimate of drug-likeness (QED) is 0.437. The molecule has 0 spiro atoms. The Morgan fingerprint density at radius 1 is 1.13 bits per heavy atom. The average Bonchev–Trinajstić information content (AvgIpc) is 2.66. The van der Waals surface area contributed by atoms with Gasteiger partial charge < -0.3 is 4.43 Å². The lowest BCUT2D eigenvalue weighted by molar-refractivity contribution is 0.114. The maximum absolute atomic E-state index is 12.6. The molecule has 0 saturated carbocycles. The van der Waals surface area contributed by atoms with Gasteiger partial charge in [0.1, 0.15) is 0 Å². The van der Waals surface area contributed by atoms with Gasteiger partial charge >= 0.3 is 0 Å². The van der Waals surface area contributed by atoms with Gasteiger partial charge in [0.15, 0.2) is 8.32 Å². The van der Waals surface area contributed by atoms with Crippen molar-refractivity contribution in [2.75, 3.05) is 6.61 Å². The number of fused-ring (bicyclic) bond motifs is 1. The summed E-state index contributed by atoms with van der Waals surface area (Å²) in [5.74, 6) is 0.0525. The smallest absolute Gasteiger partial charge is 0.296 e. The minimum Gasteiger partial charge on any atom is -0.408 e. The molecule has 0 aliphatic heterocycles. The van der Waals surface area contributed by atoms with Crippen molar-refractivity contribution in [2.45, 2.75) is 69.7 Å². The largest absolute Gasteiger partial charge is 0.408 e. The molecular formula is C23H33NO4SSi. The highest BCUT2D eigenvalue weighted by Crippen LogP contribution is 2.43. The van der Waals surface area contributed by atoms with Gasteiger partial charge in [0.25, 0.3) is 10.1 Å². The molecule has 164 valence electrons. The van der Waals surface area contributed by atoms with Gasteiger partial charge in [-0.15, -0.1) is 0 Å². The van der Waals surface area contributed by atoms with Crippen molar-refractivity contribution in [3.8, 4) is 0 Å². The van der Waals surface area contributed by atoms with Crippen LogP contribution in [0.4, 0.5) is 0 Å². The number of benzene rings is 1. The predicted octanol–water partition coefficient (Wildman–Crippen LogP) is 5.42. The lowest BCUT2D eigenvalue weighted by Gasteiger charge is -2.41. The highest BCUT2D eigenvalue weighted by atomic mass is 32.2. The van der Waals surface area contributed by atoms with Crippen LogP contribution in [0.5, 0.6) is 0 Å². The van der Waals surface area contributed by atoms with Crippen molar-refractivity contribution in [3.63, 3.8) is 0 Å². The van der Waals surface area contributed by atoms with E-state index in [0.29, 0.717) is 6.42 Å². The number of hydrogen-bond acceptors (Lipinski definition) is 5. The molecule has 0 bridgehead atoms. The molecule has 1 heterocycles. The van der Waals surface area contributed by atoms with E-state index in [1.165, 1.54) is 0 Å². The summed E-state index contributed by atoms with van der Waals surface area (Å²) >= 11 is 0. The van der Waals surface area contributed by atoms with Crippen LogP contribution in [-0.2, 0) is 25.1 Å². The third kappa shape index (κ3) is 5.19. The van der Waals surface area contributed by atoms with Crippen molar-refractivity contribution in [3.05, 3.63) is 59.4 Å². The minimum atomic E-state index is -3.78. The molecule has 0 radical (unpaired) electrons. The fraction of sp³-hybridized carbons (Fsp3) is 0.522. The molecule has 0 fully saturated rings. The van der Waals surface area contributed by atoms with Crippen LogP contribution in [-0.4, -0.2) is 28.3 Å². The van der Waals surface area contributed by atoms with Crippen molar-refractivity contribution in [1.82, 2.24) is 4.98 Å². The van der Waals surface area contributed by atoms with Crippen molar-refractivity contribution >= 4 is 18.4 Å². The van der Waals surface area contributed by atoms with E-state index in [1.54, 1.807) is 30.5 Å². The number of aromatic nitrogens is 1. The molecule has 3 rings (SSSR count). The second kappa shape index (κ2) is 8.53. The van der Waals surface area contributed by atoms with E-state index in [9.17, 15) is 8.42 Å². The van der Waals surface area contributed by atoms with E-state index in [0.717, 1.165) is 23.2 Å². The first kappa shape index (κ1) is 23.1. The van der Waals surface area contributed by atoms with Gasteiger partial charge in [0, 0.05) is 6.20 Å². The van der Waals surface area contributed by atoms with Crippen LogP contribution < -0.4 is 0 Å². The minimum absolute atomic E-state index is 0.0525. The van der Waals surface area contributed by atoms with Crippen molar-refractivity contribution in [2.24, 2.45) is 5.92 Å². The SMILES string of the molecule is Cc1ccc(S(=O)(=O)OC[C@@H]2Cc3cccnc3[C@@H](O[Si](C)(C)C(C)(C)C)C2)cc1. The van der Waals surface area contributed by atoms with E-state index < -0.39 is 18.4 Å². The summed E-state index contributed by atoms with van der Waals surface area (Å²) in [4.78, 5) is 4.80. The van der Waals surface area contributed by atoms with E-state index in [4.69, 9.17) is 8.61 Å². The molecule has 7 heteroatoms. The van der Waals surface area contributed by atoms with Crippen LogP contribution in [0.25, 0.3) is 0 Å². The monoisotopic (exact) mass is 447 g/mol. The molecule has 1 aromatic carbocycles. The molecule has 0 amide bonds. The molecular weight excluding hydrogens is 414 g/mol. The van der Waals surface area contributed by atoms with Crippen LogP contribution in [0.15, 0.2) is 47.5 Å².